The monoisotopic (exact) mass is 96.0 g/mol. The second-order valence-electron chi connectivity index (χ2n) is 1.12. The van der Waals surface area contributed by atoms with E-state index in [0.717, 1.165) is 0 Å². The molecule has 0 unspecified atom stereocenters. The summed E-state index contributed by atoms with van der Waals surface area (Å²) in [5.41, 5.74) is 3.43. The Morgan fingerprint density at radius 2 is 1.67 bits per heavy atom. The van der Waals surface area contributed by atoms with Crippen molar-refractivity contribution < 1.29 is 4.46 Å². The van der Waals surface area contributed by atoms with Crippen LogP contribution in [0.2, 0.25) is 0 Å². The Morgan fingerprint density at radius 1 is 1.17 bits per heavy atom. The van der Waals surface area contributed by atoms with Gasteiger partial charge in [0.15, 0.2) is 0 Å². The van der Waals surface area contributed by atoms with Crippen molar-refractivity contribution in [3.8, 4) is 0 Å². The fraction of sp³-hybridized carbons (Fsp3) is 0. The molecule has 0 aromatic rings. The van der Waals surface area contributed by atoms with Crippen LogP contribution in [0, 0.1) is 0 Å². The van der Waals surface area contributed by atoms with Crippen molar-refractivity contribution in [3.63, 3.8) is 0 Å². The quantitative estimate of drug-likeness (QED) is 0.404. The lowest BCUT2D eigenvalue weighted by Gasteiger charge is -1.58. The molecule has 1 nitrogen and oxygen atoms in total. The van der Waals surface area contributed by atoms with Crippen LogP contribution in [0.1, 0.15) is 0 Å². The van der Waals surface area contributed by atoms with E-state index in [1.54, 1.807) is 23.6 Å². The third-order valence-corrected chi connectivity index (χ3v) is 1.67. The van der Waals surface area contributed by atoms with Gasteiger partial charge in [0.1, 0.15) is 0 Å². The van der Waals surface area contributed by atoms with E-state index in [1.807, 2.05) is 0 Å². The van der Waals surface area contributed by atoms with E-state index >= 15 is 0 Å². The summed E-state index contributed by atoms with van der Waals surface area (Å²) in [6, 6.07) is 0. The minimum Gasteiger partial charge on any atom is -0.378 e. The first kappa shape index (κ1) is 3.68. The molecule has 0 N–H and O–H groups in total. The molecule has 0 atom stereocenters. The Kier molecular flexibility index (Phi) is 0.799. The van der Waals surface area contributed by atoms with Crippen molar-refractivity contribution in [1.82, 2.24) is 0 Å². The molecule has 0 aromatic carbocycles. The summed E-state index contributed by atoms with van der Waals surface area (Å²) in [4.78, 5) is 0. The Hall–Kier alpha value is -0.503. The van der Waals surface area contributed by atoms with E-state index in [1.165, 1.54) is 0 Å². The van der Waals surface area contributed by atoms with Gasteiger partial charge in [0, 0.05) is 0 Å². The molecular weight excluding hydrogens is 92.1 g/mol. The summed E-state index contributed by atoms with van der Waals surface area (Å²) in [5.74, 6) is 0. The summed E-state index contributed by atoms with van der Waals surface area (Å²) >= 11 is 0. The minimum absolute atomic E-state index is 1.37. The maximum atomic E-state index is 10.3. The van der Waals surface area contributed by atoms with Crippen LogP contribution in [0.5, 0.6) is 0 Å². The number of hydrogen-bond donors (Lipinski definition) is 0. The molecule has 1 aliphatic heterocycles. The Balaban J connectivity index is 2.86. The van der Waals surface area contributed by atoms with Crippen molar-refractivity contribution in [1.29, 1.82) is 0 Å². The van der Waals surface area contributed by atoms with Crippen LogP contribution in [-0.4, -0.2) is 8.68 Å². The highest BCUT2D eigenvalue weighted by atomic mass is 28.3. The average Bonchev–Trinajstić information content (AvgIpc) is 1.86. The van der Waals surface area contributed by atoms with Crippen LogP contribution in [0.3, 0.4) is 0 Å². The van der Waals surface area contributed by atoms with E-state index in [0.29, 0.717) is 0 Å². The maximum absolute atomic E-state index is 10.3. The standard InChI is InChI=1S/C4H4OSi/c5-6-3-1-2-4-6/h1-4H. The van der Waals surface area contributed by atoms with Crippen molar-refractivity contribution in [2.75, 3.05) is 0 Å². The van der Waals surface area contributed by atoms with E-state index in [4.69, 9.17) is 0 Å². The maximum Gasteiger partial charge on any atom is 0.331 e. The fourth-order valence-electron chi connectivity index (χ4n) is 0.356. The smallest absolute Gasteiger partial charge is 0.331 e. The molecule has 0 radical (unpaired) electrons. The molecular formula is C4H4OSi. The first-order chi connectivity index (χ1) is 2.89. The summed E-state index contributed by atoms with van der Waals surface area (Å²) in [5, 5.41) is 0. The minimum atomic E-state index is -1.37. The zero-order chi connectivity index (χ0) is 4.41. The lowest BCUT2D eigenvalue weighted by Crippen LogP contribution is -1.80. The van der Waals surface area contributed by atoms with Crippen LogP contribution < -0.4 is 0 Å². The van der Waals surface area contributed by atoms with E-state index < -0.39 is 8.68 Å². The first-order valence-corrected chi connectivity index (χ1v) is 3.34. The molecule has 0 spiro atoms. The molecule has 2 heteroatoms. The highest BCUT2D eigenvalue weighted by Gasteiger charge is 1.93. The van der Waals surface area contributed by atoms with Crippen LogP contribution in [-0.2, 0) is 4.46 Å². The van der Waals surface area contributed by atoms with Gasteiger partial charge in [0.2, 0.25) is 0 Å². The average molecular weight is 96.2 g/mol. The largest absolute Gasteiger partial charge is 0.378 e. The highest BCUT2D eigenvalue weighted by molar-refractivity contribution is 6.56. The molecule has 0 amide bonds. The van der Waals surface area contributed by atoms with Crippen molar-refractivity contribution in [3.05, 3.63) is 23.6 Å². The third-order valence-electron chi connectivity index (χ3n) is 0.632. The van der Waals surface area contributed by atoms with Crippen LogP contribution in [0.15, 0.2) is 23.6 Å². The van der Waals surface area contributed by atoms with Gasteiger partial charge in [0.05, 0.1) is 0 Å². The molecule has 6 heavy (non-hydrogen) atoms. The SMILES string of the molecule is O=[Si]1C=CC=C1. The van der Waals surface area contributed by atoms with Gasteiger partial charge in [-0.3, -0.25) is 0 Å². The van der Waals surface area contributed by atoms with Crippen molar-refractivity contribution >= 4 is 8.68 Å². The lowest BCUT2D eigenvalue weighted by molar-refractivity contribution is 0.575. The highest BCUT2D eigenvalue weighted by Crippen LogP contribution is 1.87. The fourth-order valence-corrected chi connectivity index (χ4v) is 1.07. The predicted octanol–water partition coefficient (Wildman–Crippen LogP) is 0.613. The predicted molar refractivity (Wildman–Crippen MR) is 24.7 cm³/mol. The second kappa shape index (κ2) is 1.30. The van der Waals surface area contributed by atoms with Gasteiger partial charge in [-0.1, -0.05) is 12.2 Å². The van der Waals surface area contributed by atoms with Crippen LogP contribution in [0.4, 0.5) is 0 Å². The molecule has 1 rings (SSSR count). The van der Waals surface area contributed by atoms with Crippen molar-refractivity contribution in [2.24, 2.45) is 0 Å². The third kappa shape index (κ3) is 0.516. The van der Waals surface area contributed by atoms with Gasteiger partial charge in [-0.25, -0.2) is 0 Å². The number of allylic oxidation sites excluding steroid dienone is 2. The summed E-state index contributed by atoms with van der Waals surface area (Å²) in [6.07, 6.45) is 3.61. The van der Waals surface area contributed by atoms with Gasteiger partial charge in [0.25, 0.3) is 0 Å². The van der Waals surface area contributed by atoms with E-state index in [9.17, 15) is 4.46 Å². The molecule has 1 aliphatic rings. The van der Waals surface area contributed by atoms with Gasteiger partial charge < -0.3 is 4.46 Å². The van der Waals surface area contributed by atoms with Gasteiger partial charge in [-0.2, -0.15) is 0 Å². The van der Waals surface area contributed by atoms with Gasteiger partial charge >= 0.3 is 8.68 Å². The molecule has 30 valence electrons. The van der Waals surface area contributed by atoms with Crippen LogP contribution >= 0.6 is 0 Å². The molecule has 1 heterocycles. The summed E-state index contributed by atoms with van der Waals surface area (Å²) in [7, 11) is -1.37. The Bertz CT molecular complexity index is 110. The van der Waals surface area contributed by atoms with Gasteiger partial charge in [-0.05, 0) is 11.4 Å². The molecule has 0 aromatic heterocycles. The lowest BCUT2D eigenvalue weighted by atomic mass is 10.6. The Morgan fingerprint density at radius 3 is 1.83 bits per heavy atom. The molecule has 0 fully saturated rings. The normalized spacial score (nSPS) is 17.0. The zero-order valence-corrected chi connectivity index (χ0v) is 4.22. The second-order valence-corrected chi connectivity index (χ2v) is 2.59. The first-order valence-electron chi connectivity index (χ1n) is 1.78. The van der Waals surface area contributed by atoms with Crippen molar-refractivity contribution in [2.45, 2.75) is 0 Å². The zero-order valence-electron chi connectivity index (χ0n) is 3.22. The number of rotatable bonds is 0. The summed E-state index contributed by atoms with van der Waals surface area (Å²) < 4.78 is 10.3. The summed E-state index contributed by atoms with van der Waals surface area (Å²) in [6.45, 7) is 0. The molecule has 0 saturated heterocycles. The van der Waals surface area contributed by atoms with E-state index in [2.05, 4.69) is 0 Å². The van der Waals surface area contributed by atoms with E-state index in [-0.39, 0.29) is 0 Å². The van der Waals surface area contributed by atoms with Gasteiger partial charge in [-0.15, -0.1) is 0 Å². The molecule has 0 bridgehead atoms. The van der Waals surface area contributed by atoms with Crippen LogP contribution in [0.25, 0.3) is 0 Å². The number of hydrogen-bond acceptors (Lipinski definition) is 1. The molecule has 0 saturated carbocycles. The molecule has 0 aliphatic carbocycles. The topological polar surface area (TPSA) is 17.1 Å². The Labute approximate surface area is 37.7 Å².